The van der Waals surface area contributed by atoms with Gasteiger partial charge in [-0.05, 0) is 18.1 Å². The zero-order valence-electron chi connectivity index (χ0n) is 9.63. The standard InChI is InChI=1S/C12H21NO/c1-9(2)7-11-5-6-12(14-11)8-13-10(3)4/h5-6,9-10,13H,7-8H2,1-4H3. The van der Waals surface area contributed by atoms with Gasteiger partial charge < -0.3 is 9.73 Å². The van der Waals surface area contributed by atoms with E-state index in [4.69, 9.17) is 4.42 Å². The van der Waals surface area contributed by atoms with Crippen LogP contribution in [-0.2, 0) is 13.0 Å². The molecule has 2 heteroatoms. The summed E-state index contributed by atoms with van der Waals surface area (Å²) in [4.78, 5) is 0. The van der Waals surface area contributed by atoms with Crippen LogP contribution in [0.2, 0.25) is 0 Å². The van der Waals surface area contributed by atoms with E-state index in [0.717, 1.165) is 24.5 Å². The Bertz CT molecular complexity index is 263. The highest BCUT2D eigenvalue weighted by Crippen LogP contribution is 2.12. The van der Waals surface area contributed by atoms with Crippen molar-refractivity contribution < 1.29 is 4.42 Å². The van der Waals surface area contributed by atoms with E-state index in [9.17, 15) is 0 Å². The second-order valence-electron chi connectivity index (χ2n) is 4.50. The maximum absolute atomic E-state index is 5.68. The van der Waals surface area contributed by atoms with Gasteiger partial charge in [0, 0.05) is 12.5 Å². The molecule has 0 radical (unpaired) electrons. The molecule has 1 aromatic heterocycles. The quantitative estimate of drug-likeness (QED) is 0.781. The molecule has 1 N–H and O–H groups in total. The zero-order chi connectivity index (χ0) is 10.6. The average molecular weight is 195 g/mol. The minimum absolute atomic E-state index is 0.508. The Balaban J connectivity index is 2.42. The van der Waals surface area contributed by atoms with E-state index in [1.165, 1.54) is 0 Å². The second kappa shape index (κ2) is 5.20. The highest BCUT2D eigenvalue weighted by atomic mass is 16.3. The van der Waals surface area contributed by atoms with Crippen LogP contribution >= 0.6 is 0 Å². The first kappa shape index (κ1) is 11.3. The van der Waals surface area contributed by atoms with Crippen molar-refractivity contribution in [1.82, 2.24) is 5.32 Å². The van der Waals surface area contributed by atoms with Gasteiger partial charge in [0.15, 0.2) is 0 Å². The molecule has 0 aliphatic heterocycles. The Morgan fingerprint density at radius 3 is 2.36 bits per heavy atom. The summed E-state index contributed by atoms with van der Waals surface area (Å²) in [5, 5.41) is 3.33. The molecule has 2 nitrogen and oxygen atoms in total. The third kappa shape index (κ3) is 3.97. The van der Waals surface area contributed by atoms with Crippen LogP contribution in [0, 0.1) is 5.92 Å². The topological polar surface area (TPSA) is 25.2 Å². The van der Waals surface area contributed by atoms with Crippen LogP contribution in [0.15, 0.2) is 16.5 Å². The molecular formula is C12H21NO. The molecule has 1 aromatic rings. The summed E-state index contributed by atoms with van der Waals surface area (Å²) in [6.45, 7) is 9.51. The number of furan rings is 1. The molecule has 14 heavy (non-hydrogen) atoms. The molecule has 1 heterocycles. The Kier molecular flexibility index (Phi) is 4.21. The van der Waals surface area contributed by atoms with Crippen molar-refractivity contribution in [1.29, 1.82) is 0 Å². The molecule has 80 valence electrons. The highest BCUT2D eigenvalue weighted by molar-refractivity contribution is 5.07. The molecule has 0 bridgehead atoms. The summed E-state index contributed by atoms with van der Waals surface area (Å²) in [5.41, 5.74) is 0. The Labute approximate surface area is 86.7 Å². The SMILES string of the molecule is CC(C)Cc1ccc(CNC(C)C)o1. The van der Waals surface area contributed by atoms with Crippen LogP contribution in [0.5, 0.6) is 0 Å². The lowest BCUT2D eigenvalue weighted by Crippen LogP contribution is -2.21. The van der Waals surface area contributed by atoms with Gasteiger partial charge in [0.1, 0.15) is 11.5 Å². The molecular weight excluding hydrogens is 174 g/mol. The first-order chi connectivity index (χ1) is 6.58. The fraction of sp³-hybridized carbons (Fsp3) is 0.667. The summed E-state index contributed by atoms with van der Waals surface area (Å²) in [6, 6.07) is 4.65. The Morgan fingerprint density at radius 2 is 1.79 bits per heavy atom. The summed E-state index contributed by atoms with van der Waals surface area (Å²) in [6.07, 6.45) is 1.03. The summed E-state index contributed by atoms with van der Waals surface area (Å²) in [5.74, 6) is 2.79. The first-order valence-corrected chi connectivity index (χ1v) is 5.39. The van der Waals surface area contributed by atoms with Gasteiger partial charge in [-0.15, -0.1) is 0 Å². The number of nitrogens with one attached hydrogen (secondary N) is 1. The van der Waals surface area contributed by atoms with Crippen molar-refractivity contribution in [3.05, 3.63) is 23.7 Å². The normalized spacial score (nSPS) is 11.6. The molecule has 0 amide bonds. The monoisotopic (exact) mass is 195 g/mol. The summed E-state index contributed by atoms with van der Waals surface area (Å²) < 4.78 is 5.68. The van der Waals surface area contributed by atoms with E-state index in [-0.39, 0.29) is 0 Å². The van der Waals surface area contributed by atoms with E-state index in [2.05, 4.69) is 45.1 Å². The molecule has 0 aliphatic rings. The van der Waals surface area contributed by atoms with E-state index in [1.54, 1.807) is 0 Å². The fourth-order valence-corrected chi connectivity index (χ4v) is 1.33. The van der Waals surface area contributed by atoms with Gasteiger partial charge in [-0.3, -0.25) is 0 Å². The molecule has 0 spiro atoms. The molecule has 0 unspecified atom stereocenters. The van der Waals surface area contributed by atoms with Gasteiger partial charge in [0.25, 0.3) is 0 Å². The van der Waals surface area contributed by atoms with E-state index in [0.29, 0.717) is 12.0 Å². The van der Waals surface area contributed by atoms with Crippen LogP contribution in [-0.4, -0.2) is 6.04 Å². The Morgan fingerprint density at radius 1 is 1.14 bits per heavy atom. The molecule has 0 saturated heterocycles. The van der Waals surface area contributed by atoms with Crippen LogP contribution in [0.4, 0.5) is 0 Å². The van der Waals surface area contributed by atoms with Gasteiger partial charge >= 0.3 is 0 Å². The predicted molar refractivity (Wildman–Crippen MR) is 59.2 cm³/mol. The molecule has 0 aliphatic carbocycles. The van der Waals surface area contributed by atoms with Gasteiger partial charge in [0.2, 0.25) is 0 Å². The molecule has 1 rings (SSSR count). The minimum atomic E-state index is 0.508. The molecule has 0 saturated carbocycles. The summed E-state index contributed by atoms with van der Waals surface area (Å²) in [7, 11) is 0. The van der Waals surface area contributed by atoms with E-state index < -0.39 is 0 Å². The van der Waals surface area contributed by atoms with Crippen molar-refractivity contribution in [3.63, 3.8) is 0 Å². The van der Waals surface area contributed by atoms with E-state index in [1.807, 2.05) is 0 Å². The van der Waals surface area contributed by atoms with Crippen molar-refractivity contribution in [2.75, 3.05) is 0 Å². The molecule has 0 aromatic carbocycles. The number of hydrogen-bond donors (Lipinski definition) is 1. The first-order valence-electron chi connectivity index (χ1n) is 5.39. The lowest BCUT2D eigenvalue weighted by atomic mass is 10.1. The Hall–Kier alpha value is -0.760. The largest absolute Gasteiger partial charge is 0.465 e. The zero-order valence-corrected chi connectivity index (χ0v) is 9.63. The van der Waals surface area contributed by atoms with Crippen molar-refractivity contribution >= 4 is 0 Å². The lowest BCUT2D eigenvalue weighted by molar-refractivity contribution is 0.418. The summed E-state index contributed by atoms with van der Waals surface area (Å²) >= 11 is 0. The highest BCUT2D eigenvalue weighted by Gasteiger charge is 2.04. The fourth-order valence-electron chi connectivity index (χ4n) is 1.33. The predicted octanol–water partition coefficient (Wildman–Crippen LogP) is 2.98. The third-order valence-corrected chi connectivity index (χ3v) is 2.01. The maximum Gasteiger partial charge on any atom is 0.117 e. The van der Waals surface area contributed by atoms with Gasteiger partial charge in [-0.2, -0.15) is 0 Å². The van der Waals surface area contributed by atoms with E-state index >= 15 is 0 Å². The van der Waals surface area contributed by atoms with Crippen LogP contribution in [0.25, 0.3) is 0 Å². The minimum Gasteiger partial charge on any atom is -0.465 e. The average Bonchev–Trinajstić information content (AvgIpc) is 2.47. The van der Waals surface area contributed by atoms with Crippen LogP contribution < -0.4 is 5.32 Å². The van der Waals surface area contributed by atoms with Gasteiger partial charge in [-0.1, -0.05) is 27.7 Å². The van der Waals surface area contributed by atoms with Crippen LogP contribution in [0.3, 0.4) is 0 Å². The van der Waals surface area contributed by atoms with Crippen molar-refractivity contribution in [2.45, 2.75) is 46.7 Å². The van der Waals surface area contributed by atoms with Crippen molar-refractivity contribution in [3.8, 4) is 0 Å². The smallest absolute Gasteiger partial charge is 0.117 e. The van der Waals surface area contributed by atoms with Gasteiger partial charge in [-0.25, -0.2) is 0 Å². The number of hydrogen-bond acceptors (Lipinski definition) is 2. The second-order valence-corrected chi connectivity index (χ2v) is 4.50. The maximum atomic E-state index is 5.68. The third-order valence-electron chi connectivity index (χ3n) is 2.01. The number of rotatable bonds is 5. The van der Waals surface area contributed by atoms with Crippen molar-refractivity contribution in [2.24, 2.45) is 5.92 Å². The van der Waals surface area contributed by atoms with Gasteiger partial charge in [0.05, 0.1) is 6.54 Å². The van der Waals surface area contributed by atoms with Crippen LogP contribution in [0.1, 0.15) is 39.2 Å². The lowest BCUT2D eigenvalue weighted by Gasteiger charge is -2.05. The molecule has 0 atom stereocenters. The molecule has 0 fully saturated rings.